The number of aryl methyl sites for hydroxylation is 1. The van der Waals surface area contributed by atoms with Gasteiger partial charge in [-0.05, 0) is 38.3 Å². The summed E-state index contributed by atoms with van der Waals surface area (Å²) >= 11 is 1.74. The quantitative estimate of drug-likeness (QED) is 0.828. The van der Waals surface area contributed by atoms with Crippen molar-refractivity contribution in [3.8, 4) is 6.07 Å². The third-order valence-corrected chi connectivity index (χ3v) is 4.87. The van der Waals surface area contributed by atoms with Gasteiger partial charge in [0.2, 0.25) is 0 Å². The van der Waals surface area contributed by atoms with E-state index in [-0.39, 0.29) is 0 Å². The number of likely N-dealkylation sites (tertiary alicyclic amines) is 1. The molecular formula is C15H23N3S. The average molecular weight is 277 g/mol. The van der Waals surface area contributed by atoms with Gasteiger partial charge in [-0.15, -0.1) is 11.3 Å². The number of nitriles is 1. The van der Waals surface area contributed by atoms with Crippen LogP contribution < -0.4 is 0 Å². The van der Waals surface area contributed by atoms with Crippen LogP contribution in [-0.2, 0) is 19.4 Å². The molecule has 0 atom stereocenters. The van der Waals surface area contributed by atoms with E-state index < -0.39 is 0 Å². The van der Waals surface area contributed by atoms with Crippen LogP contribution in [0, 0.1) is 17.2 Å². The molecule has 19 heavy (non-hydrogen) atoms. The minimum absolute atomic E-state index is 0.518. The average Bonchev–Trinajstić information content (AvgIpc) is 2.75. The van der Waals surface area contributed by atoms with Gasteiger partial charge in [-0.2, -0.15) is 5.26 Å². The van der Waals surface area contributed by atoms with Crippen molar-refractivity contribution in [2.24, 2.45) is 5.92 Å². The Kier molecular flexibility index (Phi) is 5.35. The summed E-state index contributed by atoms with van der Waals surface area (Å²) in [4.78, 5) is 8.45. The lowest BCUT2D eigenvalue weighted by Gasteiger charge is -2.29. The smallest absolute Gasteiger partial charge is 0.107 e. The topological polar surface area (TPSA) is 39.9 Å². The normalized spacial score (nSPS) is 17.5. The van der Waals surface area contributed by atoms with E-state index in [0.29, 0.717) is 6.42 Å². The van der Waals surface area contributed by atoms with Gasteiger partial charge in [-0.1, -0.05) is 20.3 Å². The Morgan fingerprint density at radius 1 is 1.42 bits per heavy atom. The highest BCUT2D eigenvalue weighted by molar-refractivity contribution is 7.11. The van der Waals surface area contributed by atoms with E-state index in [0.717, 1.165) is 31.0 Å². The third-order valence-electron chi connectivity index (χ3n) is 3.78. The Balaban J connectivity index is 2.00. The molecule has 1 aliphatic heterocycles. The minimum Gasteiger partial charge on any atom is -0.297 e. The first-order valence-electron chi connectivity index (χ1n) is 7.29. The first-order chi connectivity index (χ1) is 9.22. The maximum absolute atomic E-state index is 8.89. The van der Waals surface area contributed by atoms with Gasteiger partial charge in [-0.3, -0.25) is 4.90 Å². The van der Waals surface area contributed by atoms with E-state index in [1.165, 1.54) is 35.8 Å². The summed E-state index contributed by atoms with van der Waals surface area (Å²) in [6, 6.07) is 2.26. The number of thiazole rings is 1. The maximum atomic E-state index is 8.89. The van der Waals surface area contributed by atoms with Gasteiger partial charge in [0.25, 0.3) is 0 Å². The molecule has 3 nitrogen and oxygen atoms in total. The molecule has 0 N–H and O–H groups in total. The van der Waals surface area contributed by atoms with Crippen LogP contribution in [0.15, 0.2) is 0 Å². The summed E-state index contributed by atoms with van der Waals surface area (Å²) < 4.78 is 0. The molecular weight excluding hydrogens is 254 g/mol. The molecule has 0 spiro atoms. The fourth-order valence-electron chi connectivity index (χ4n) is 2.56. The van der Waals surface area contributed by atoms with Crippen molar-refractivity contribution < 1.29 is 0 Å². The Bertz CT molecular complexity index is 439. The maximum Gasteiger partial charge on any atom is 0.107 e. The zero-order valence-electron chi connectivity index (χ0n) is 12.0. The van der Waals surface area contributed by atoms with Crippen molar-refractivity contribution in [3.63, 3.8) is 0 Å². The van der Waals surface area contributed by atoms with Crippen LogP contribution in [-0.4, -0.2) is 23.0 Å². The molecule has 0 unspecified atom stereocenters. The summed E-state index contributed by atoms with van der Waals surface area (Å²) in [5, 5.41) is 10.1. The molecule has 4 heteroatoms. The van der Waals surface area contributed by atoms with E-state index in [2.05, 4.69) is 24.8 Å². The predicted octanol–water partition coefficient (Wildman–Crippen LogP) is 3.39. The van der Waals surface area contributed by atoms with Crippen LogP contribution in [0.2, 0.25) is 0 Å². The first-order valence-corrected chi connectivity index (χ1v) is 8.11. The summed E-state index contributed by atoms with van der Waals surface area (Å²) in [7, 11) is 0. The van der Waals surface area contributed by atoms with Crippen molar-refractivity contribution in [3.05, 3.63) is 15.6 Å². The predicted molar refractivity (Wildman–Crippen MR) is 79.1 cm³/mol. The highest BCUT2D eigenvalue weighted by Gasteiger charge is 2.18. The van der Waals surface area contributed by atoms with Crippen molar-refractivity contribution in [1.29, 1.82) is 5.26 Å². The molecule has 0 saturated carbocycles. The zero-order chi connectivity index (χ0) is 13.7. The van der Waals surface area contributed by atoms with Crippen LogP contribution in [0.4, 0.5) is 0 Å². The van der Waals surface area contributed by atoms with Gasteiger partial charge in [0.1, 0.15) is 5.01 Å². The second-order valence-corrected chi connectivity index (χ2v) is 6.69. The molecule has 0 aliphatic carbocycles. The van der Waals surface area contributed by atoms with Gasteiger partial charge in [0.05, 0.1) is 24.7 Å². The number of aromatic nitrogens is 1. The lowest BCUT2D eigenvalue weighted by atomic mass is 9.99. The van der Waals surface area contributed by atoms with Crippen molar-refractivity contribution in [1.82, 2.24) is 9.88 Å². The van der Waals surface area contributed by atoms with Crippen molar-refractivity contribution >= 4 is 11.3 Å². The van der Waals surface area contributed by atoms with Crippen LogP contribution in [0.5, 0.6) is 0 Å². The molecule has 1 aromatic rings. The Morgan fingerprint density at radius 2 is 2.16 bits per heavy atom. The van der Waals surface area contributed by atoms with Crippen LogP contribution >= 0.6 is 11.3 Å². The molecule has 1 aromatic heterocycles. The Labute approximate surface area is 120 Å². The monoisotopic (exact) mass is 277 g/mol. The zero-order valence-corrected chi connectivity index (χ0v) is 12.8. The summed E-state index contributed by atoms with van der Waals surface area (Å²) in [6.07, 6.45) is 5.23. The molecule has 1 aliphatic rings. The van der Waals surface area contributed by atoms with E-state index in [9.17, 15) is 0 Å². The third kappa shape index (κ3) is 4.02. The summed E-state index contributed by atoms with van der Waals surface area (Å²) in [5.41, 5.74) is 1.16. The van der Waals surface area contributed by atoms with E-state index >= 15 is 0 Å². The molecule has 2 rings (SSSR count). The van der Waals surface area contributed by atoms with Crippen molar-refractivity contribution in [2.75, 3.05) is 13.1 Å². The number of nitrogens with zero attached hydrogens (tertiary/aromatic N) is 3. The Hall–Kier alpha value is -0.920. The first kappa shape index (κ1) is 14.5. The standard InChI is InChI=1S/C15H23N3S/c1-3-4-13-14(5-8-16)19-15(17-13)11-18-9-6-12(2)7-10-18/h12H,3-7,9-11H2,1-2H3. The van der Waals surface area contributed by atoms with Crippen LogP contribution in [0.3, 0.4) is 0 Å². The van der Waals surface area contributed by atoms with Gasteiger partial charge < -0.3 is 0 Å². The van der Waals surface area contributed by atoms with Crippen molar-refractivity contribution in [2.45, 2.75) is 52.5 Å². The van der Waals surface area contributed by atoms with Crippen LogP contribution in [0.25, 0.3) is 0 Å². The molecule has 2 heterocycles. The van der Waals surface area contributed by atoms with Gasteiger partial charge in [0, 0.05) is 4.88 Å². The van der Waals surface area contributed by atoms with E-state index in [1.54, 1.807) is 11.3 Å². The molecule has 104 valence electrons. The molecule has 1 fully saturated rings. The number of piperidine rings is 1. The molecule has 0 radical (unpaired) electrons. The van der Waals surface area contributed by atoms with E-state index in [4.69, 9.17) is 10.2 Å². The number of hydrogen-bond acceptors (Lipinski definition) is 4. The lowest BCUT2D eigenvalue weighted by molar-refractivity contribution is 0.185. The van der Waals surface area contributed by atoms with Gasteiger partial charge >= 0.3 is 0 Å². The second-order valence-electron chi connectivity index (χ2n) is 5.52. The molecule has 1 saturated heterocycles. The fourth-order valence-corrected chi connectivity index (χ4v) is 3.65. The van der Waals surface area contributed by atoms with Gasteiger partial charge in [-0.25, -0.2) is 4.98 Å². The second kappa shape index (κ2) is 7.02. The minimum atomic E-state index is 0.518. The van der Waals surface area contributed by atoms with Crippen LogP contribution in [0.1, 0.15) is 48.7 Å². The molecule has 0 amide bonds. The SMILES string of the molecule is CCCc1nc(CN2CCC(C)CC2)sc1CC#N. The summed E-state index contributed by atoms with van der Waals surface area (Å²) in [6.45, 7) is 7.86. The largest absolute Gasteiger partial charge is 0.297 e. The van der Waals surface area contributed by atoms with Gasteiger partial charge in [0.15, 0.2) is 0 Å². The molecule has 0 aromatic carbocycles. The lowest BCUT2D eigenvalue weighted by Crippen LogP contribution is -2.32. The van der Waals surface area contributed by atoms with E-state index in [1.807, 2.05) is 0 Å². The number of hydrogen-bond donors (Lipinski definition) is 0. The highest BCUT2D eigenvalue weighted by Crippen LogP contribution is 2.24. The Morgan fingerprint density at radius 3 is 2.79 bits per heavy atom. The fraction of sp³-hybridized carbons (Fsp3) is 0.733. The highest BCUT2D eigenvalue weighted by atomic mass is 32.1. The molecule has 0 bridgehead atoms. The number of rotatable bonds is 5. The summed E-state index contributed by atoms with van der Waals surface area (Å²) in [5.74, 6) is 0.873.